The summed E-state index contributed by atoms with van der Waals surface area (Å²) in [7, 11) is 0. The Morgan fingerprint density at radius 2 is 1.11 bits per heavy atom. The van der Waals surface area contributed by atoms with E-state index in [0.717, 1.165) is 13.0 Å². The van der Waals surface area contributed by atoms with Crippen LogP contribution in [0, 0.1) is 0 Å². The van der Waals surface area contributed by atoms with Gasteiger partial charge in [0, 0.05) is 12.2 Å². The fraction of sp³-hybridized carbons (Fsp3) is 0.889. The van der Waals surface area contributed by atoms with Gasteiger partial charge in [0.1, 0.15) is 0 Å². The quantitative estimate of drug-likeness (QED) is 0.348. The zero-order valence-electron chi connectivity index (χ0n) is 13.6. The Morgan fingerprint density at radius 1 is 0.684 bits per heavy atom. The van der Waals surface area contributed by atoms with Crippen LogP contribution in [0.5, 0.6) is 0 Å². The van der Waals surface area contributed by atoms with Crippen molar-refractivity contribution in [2.45, 2.75) is 97.3 Å². The normalized spacial score (nSPS) is 10.6. The van der Waals surface area contributed by atoms with Gasteiger partial charge in [-0.15, -0.1) is 0 Å². The van der Waals surface area contributed by atoms with Gasteiger partial charge in [-0.25, -0.2) is 0 Å². The molecule has 0 saturated carbocycles. The van der Waals surface area contributed by atoms with Gasteiger partial charge in [0.15, 0.2) is 0 Å². The van der Waals surface area contributed by atoms with Gasteiger partial charge in [0.05, 0.1) is 0 Å². The molecule has 0 atom stereocenters. The summed E-state index contributed by atoms with van der Waals surface area (Å²) in [6.45, 7) is 9.51. The van der Waals surface area contributed by atoms with Crippen molar-refractivity contribution in [1.29, 1.82) is 0 Å². The zero-order valence-corrected chi connectivity index (χ0v) is 13.6. The second kappa shape index (κ2) is 15.6. The first-order valence-electron chi connectivity index (χ1n) is 8.72. The number of nitrogens with one attached hydrogen (secondary N) is 1. The van der Waals surface area contributed by atoms with Gasteiger partial charge >= 0.3 is 0 Å². The summed E-state index contributed by atoms with van der Waals surface area (Å²) in [6.07, 6.45) is 18.1. The van der Waals surface area contributed by atoms with Crippen molar-refractivity contribution in [2.24, 2.45) is 0 Å². The Hall–Kier alpha value is -0.460. The van der Waals surface area contributed by atoms with E-state index in [4.69, 9.17) is 0 Å². The van der Waals surface area contributed by atoms with Crippen LogP contribution < -0.4 is 5.32 Å². The van der Waals surface area contributed by atoms with E-state index >= 15 is 0 Å². The van der Waals surface area contributed by atoms with Crippen LogP contribution in [0.15, 0.2) is 12.3 Å². The molecule has 0 spiro atoms. The van der Waals surface area contributed by atoms with Crippen LogP contribution in [-0.2, 0) is 0 Å². The average molecular weight is 268 g/mol. The van der Waals surface area contributed by atoms with Crippen LogP contribution in [0.4, 0.5) is 0 Å². The van der Waals surface area contributed by atoms with E-state index < -0.39 is 0 Å². The van der Waals surface area contributed by atoms with Crippen molar-refractivity contribution < 1.29 is 0 Å². The number of rotatable bonds is 15. The molecule has 0 amide bonds. The average Bonchev–Trinajstić information content (AvgIpc) is 2.43. The van der Waals surface area contributed by atoms with Crippen LogP contribution >= 0.6 is 0 Å². The molecular formula is C18H37N. The molecule has 0 bridgehead atoms. The van der Waals surface area contributed by atoms with Gasteiger partial charge in [-0.1, -0.05) is 91.1 Å². The molecule has 0 rings (SSSR count). The molecule has 19 heavy (non-hydrogen) atoms. The minimum Gasteiger partial charge on any atom is -0.389 e. The summed E-state index contributed by atoms with van der Waals surface area (Å²) in [6, 6.07) is 0. The van der Waals surface area contributed by atoms with Crippen LogP contribution in [0.2, 0.25) is 0 Å². The van der Waals surface area contributed by atoms with Crippen LogP contribution in [-0.4, -0.2) is 6.54 Å². The molecule has 1 heteroatoms. The van der Waals surface area contributed by atoms with Crippen LogP contribution in [0.25, 0.3) is 0 Å². The molecule has 1 nitrogen and oxygen atoms in total. The second-order valence-corrected chi connectivity index (χ2v) is 5.77. The number of hydrogen-bond acceptors (Lipinski definition) is 1. The minimum absolute atomic E-state index is 1.05. The van der Waals surface area contributed by atoms with E-state index in [1.807, 2.05) is 0 Å². The van der Waals surface area contributed by atoms with E-state index in [0.29, 0.717) is 0 Å². The highest BCUT2D eigenvalue weighted by Gasteiger charge is 1.94. The summed E-state index contributed by atoms with van der Waals surface area (Å²) in [4.78, 5) is 0. The van der Waals surface area contributed by atoms with Gasteiger partial charge in [-0.05, 0) is 12.8 Å². The number of hydrogen-bond donors (Lipinski definition) is 1. The molecule has 0 aliphatic carbocycles. The van der Waals surface area contributed by atoms with Crippen molar-refractivity contribution in [3.05, 3.63) is 12.3 Å². The fourth-order valence-corrected chi connectivity index (χ4v) is 2.36. The standard InChI is InChI=1S/C18H37N/c1-4-6-7-8-9-10-11-12-13-14-15-16-17-19-18(3)5-2/h19H,3-17H2,1-2H3. The van der Waals surface area contributed by atoms with Gasteiger partial charge in [-0.3, -0.25) is 0 Å². The van der Waals surface area contributed by atoms with Crippen molar-refractivity contribution in [3.63, 3.8) is 0 Å². The van der Waals surface area contributed by atoms with Crippen molar-refractivity contribution in [2.75, 3.05) is 6.54 Å². The Morgan fingerprint density at radius 3 is 1.53 bits per heavy atom. The van der Waals surface area contributed by atoms with E-state index in [-0.39, 0.29) is 0 Å². The van der Waals surface area contributed by atoms with Crippen LogP contribution in [0.3, 0.4) is 0 Å². The summed E-state index contributed by atoms with van der Waals surface area (Å²) < 4.78 is 0. The summed E-state index contributed by atoms with van der Waals surface area (Å²) in [5.41, 5.74) is 1.18. The first-order chi connectivity index (χ1) is 9.31. The lowest BCUT2D eigenvalue weighted by Gasteiger charge is -2.07. The second-order valence-electron chi connectivity index (χ2n) is 5.77. The molecule has 0 aromatic rings. The van der Waals surface area contributed by atoms with Crippen LogP contribution in [0.1, 0.15) is 97.3 Å². The highest BCUT2D eigenvalue weighted by atomic mass is 14.9. The molecule has 0 aromatic carbocycles. The van der Waals surface area contributed by atoms with E-state index in [1.165, 1.54) is 82.7 Å². The molecule has 0 fully saturated rings. The highest BCUT2D eigenvalue weighted by Crippen LogP contribution is 2.11. The zero-order chi connectivity index (χ0) is 14.2. The van der Waals surface area contributed by atoms with E-state index in [2.05, 4.69) is 25.7 Å². The van der Waals surface area contributed by atoms with E-state index in [1.54, 1.807) is 0 Å². The number of unbranched alkanes of at least 4 members (excludes halogenated alkanes) is 11. The Kier molecular flexibility index (Phi) is 15.2. The molecule has 0 heterocycles. The molecule has 0 aliphatic rings. The predicted molar refractivity (Wildman–Crippen MR) is 88.5 cm³/mol. The molecule has 0 unspecified atom stereocenters. The maximum Gasteiger partial charge on any atom is 0.0143 e. The molecule has 0 aliphatic heterocycles. The molecule has 0 radical (unpaired) electrons. The first-order valence-corrected chi connectivity index (χ1v) is 8.72. The van der Waals surface area contributed by atoms with Crippen molar-refractivity contribution >= 4 is 0 Å². The third-order valence-corrected chi connectivity index (χ3v) is 3.83. The third-order valence-electron chi connectivity index (χ3n) is 3.83. The SMILES string of the molecule is C=C(CC)NCCCCCCCCCCCCCC. The lowest BCUT2D eigenvalue weighted by molar-refractivity contribution is 0.540. The number of allylic oxidation sites excluding steroid dienone is 1. The monoisotopic (exact) mass is 267 g/mol. The minimum atomic E-state index is 1.05. The van der Waals surface area contributed by atoms with Crippen molar-refractivity contribution in [1.82, 2.24) is 5.32 Å². The third kappa shape index (κ3) is 15.5. The highest BCUT2D eigenvalue weighted by molar-refractivity contribution is 4.88. The maximum atomic E-state index is 3.96. The molecule has 0 aromatic heterocycles. The first kappa shape index (κ1) is 18.5. The summed E-state index contributed by atoms with van der Waals surface area (Å²) >= 11 is 0. The fourth-order valence-electron chi connectivity index (χ4n) is 2.36. The Labute approximate surface area is 122 Å². The lowest BCUT2D eigenvalue weighted by atomic mass is 10.1. The maximum absolute atomic E-state index is 3.96. The lowest BCUT2D eigenvalue weighted by Crippen LogP contribution is -2.12. The summed E-state index contributed by atoms with van der Waals surface area (Å²) in [5, 5.41) is 3.37. The predicted octanol–water partition coefficient (Wildman–Crippen LogP) is 6.20. The Balaban J connectivity index is 2.97. The molecule has 1 N–H and O–H groups in total. The smallest absolute Gasteiger partial charge is 0.0143 e. The molecular weight excluding hydrogens is 230 g/mol. The molecule has 0 saturated heterocycles. The van der Waals surface area contributed by atoms with Crippen molar-refractivity contribution in [3.8, 4) is 0 Å². The van der Waals surface area contributed by atoms with Gasteiger partial charge in [0.2, 0.25) is 0 Å². The summed E-state index contributed by atoms with van der Waals surface area (Å²) in [5.74, 6) is 0. The van der Waals surface area contributed by atoms with Gasteiger partial charge < -0.3 is 5.32 Å². The van der Waals surface area contributed by atoms with Gasteiger partial charge in [-0.2, -0.15) is 0 Å². The Bertz CT molecular complexity index is 186. The van der Waals surface area contributed by atoms with E-state index in [9.17, 15) is 0 Å². The largest absolute Gasteiger partial charge is 0.389 e. The van der Waals surface area contributed by atoms with Gasteiger partial charge in [0.25, 0.3) is 0 Å². The molecule has 114 valence electrons. The topological polar surface area (TPSA) is 12.0 Å².